The molecule has 1 amide bonds. The van der Waals surface area contributed by atoms with Crippen LogP contribution >= 0.6 is 0 Å². The Balaban J connectivity index is 2.53. The van der Waals surface area contributed by atoms with Crippen LogP contribution in [0.25, 0.3) is 0 Å². The lowest BCUT2D eigenvalue weighted by Gasteiger charge is -2.22. The van der Waals surface area contributed by atoms with Gasteiger partial charge in [0, 0.05) is 19.0 Å². The van der Waals surface area contributed by atoms with Crippen LogP contribution in [0.5, 0.6) is 0 Å². The van der Waals surface area contributed by atoms with Crippen LogP contribution in [0.1, 0.15) is 32.6 Å². The third-order valence-corrected chi connectivity index (χ3v) is 2.33. The second kappa shape index (κ2) is 4.25. The molecule has 1 heterocycles. The zero-order chi connectivity index (χ0) is 9.84. The first kappa shape index (κ1) is 10.0. The van der Waals surface area contributed by atoms with Gasteiger partial charge in [-0.1, -0.05) is 6.92 Å². The lowest BCUT2D eigenvalue weighted by Crippen LogP contribution is -2.35. The molecule has 1 saturated heterocycles. The number of hydrogen-bond acceptors (Lipinski definition) is 2. The first-order valence-corrected chi connectivity index (χ1v) is 4.66. The fourth-order valence-corrected chi connectivity index (χ4v) is 1.76. The molecule has 13 heavy (non-hydrogen) atoms. The molecule has 0 aliphatic carbocycles. The summed E-state index contributed by atoms with van der Waals surface area (Å²) in [6.45, 7) is 2.68. The van der Waals surface area contributed by atoms with E-state index in [1.54, 1.807) is 4.90 Å². The maximum Gasteiger partial charge on any atom is 0.305 e. The van der Waals surface area contributed by atoms with Gasteiger partial charge in [-0.2, -0.15) is 0 Å². The zero-order valence-electron chi connectivity index (χ0n) is 7.82. The number of aliphatic carboxylic acids is 1. The molecule has 0 radical (unpaired) electrons. The van der Waals surface area contributed by atoms with Gasteiger partial charge in [0.1, 0.15) is 0 Å². The van der Waals surface area contributed by atoms with Crippen LogP contribution in [0.15, 0.2) is 0 Å². The van der Waals surface area contributed by atoms with Gasteiger partial charge in [0.25, 0.3) is 0 Å². The van der Waals surface area contributed by atoms with Gasteiger partial charge in [-0.05, 0) is 12.8 Å². The summed E-state index contributed by atoms with van der Waals surface area (Å²) >= 11 is 0. The Morgan fingerprint density at radius 1 is 1.69 bits per heavy atom. The maximum absolute atomic E-state index is 11.3. The first-order chi connectivity index (χ1) is 6.15. The van der Waals surface area contributed by atoms with Crippen molar-refractivity contribution in [1.82, 2.24) is 4.90 Å². The van der Waals surface area contributed by atoms with Crippen LogP contribution in [0, 0.1) is 0 Å². The number of hydrogen-bond donors (Lipinski definition) is 1. The summed E-state index contributed by atoms with van der Waals surface area (Å²) in [5, 5.41) is 8.61. The van der Waals surface area contributed by atoms with Crippen molar-refractivity contribution < 1.29 is 14.7 Å². The minimum absolute atomic E-state index is 0.0649. The summed E-state index contributed by atoms with van der Waals surface area (Å²) in [7, 11) is 0. The molecule has 0 spiro atoms. The maximum atomic E-state index is 11.3. The van der Waals surface area contributed by atoms with Crippen molar-refractivity contribution in [3.8, 4) is 0 Å². The molecular formula is C9H15NO3. The van der Waals surface area contributed by atoms with Crippen molar-refractivity contribution in [2.45, 2.75) is 38.6 Å². The third kappa shape index (κ3) is 2.44. The Labute approximate surface area is 77.5 Å². The molecule has 1 atom stereocenters. The number of carbonyl (C=O) groups excluding carboxylic acids is 1. The van der Waals surface area contributed by atoms with Crippen molar-refractivity contribution in [2.75, 3.05) is 6.54 Å². The number of amides is 1. The number of nitrogens with zero attached hydrogens (tertiary/aromatic N) is 1. The van der Waals surface area contributed by atoms with E-state index < -0.39 is 5.97 Å². The molecule has 4 heteroatoms. The Kier molecular flexibility index (Phi) is 3.28. The summed E-state index contributed by atoms with van der Waals surface area (Å²) in [6.07, 6.45) is 2.19. The van der Waals surface area contributed by atoms with Crippen molar-refractivity contribution >= 4 is 11.9 Å². The van der Waals surface area contributed by atoms with Crippen LogP contribution < -0.4 is 0 Å². The Bertz CT molecular complexity index is 215. The van der Waals surface area contributed by atoms with Gasteiger partial charge in [-0.3, -0.25) is 9.59 Å². The highest BCUT2D eigenvalue weighted by molar-refractivity contribution is 5.80. The van der Waals surface area contributed by atoms with E-state index in [-0.39, 0.29) is 18.4 Å². The van der Waals surface area contributed by atoms with Gasteiger partial charge in [0.2, 0.25) is 5.91 Å². The average Bonchev–Trinajstić information content (AvgIpc) is 2.35. The molecule has 4 nitrogen and oxygen atoms in total. The smallest absolute Gasteiger partial charge is 0.305 e. The van der Waals surface area contributed by atoms with Crippen molar-refractivity contribution in [2.24, 2.45) is 0 Å². The van der Waals surface area contributed by atoms with E-state index in [9.17, 15) is 9.59 Å². The highest BCUT2D eigenvalue weighted by Gasteiger charge is 2.31. The molecule has 0 bridgehead atoms. The van der Waals surface area contributed by atoms with E-state index in [0.29, 0.717) is 19.4 Å². The van der Waals surface area contributed by atoms with E-state index in [2.05, 4.69) is 0 Å². The molecule has 74 valence electrons. The molecule has 1 rings (SSSR count). The Morgan fingerprint density at radius 2 is 2.38 bits per heavy atom. The highest BCUT2D eigenvalue weighted by atomic mass is 16.4. The van der Waals surface area contributed by atoms with Crippen molar-refractivity contribution in [1.29, 1.82) is 0 Å². The molecule has 0 aromatic rings. The summed E-state index contributed by atoms with van der Waals surface area (Å²) in [6, 6.07) is -0.0649. The molecule has 1 N–H and O–H groups in total. The van der Waals surface area contributed by atoms with Crippen LogP contribution in [-0.2, 0) is 9.59 Å². The fraction of sp³-hybridized carbons (Fsp3) is 0.778. The molecule has 0 saturated carbocycles. The van der Waals surface area contributed by atoms with E-state index >= 15 is 0 Å². The topological polar surface area (TPSA) is 57.6 Å². The second-order valence-electron chi connectivity index (χ2n) is 3.38. The van der Waals surface area contributed by atoms with E-state index in [1.165, 1.54) is 0 Å². The molecule has 0 unspecified atom stereocenters. The van der Waals surface area contributed by atoms with Gasteiger partial charge < -0.3 is 10.0 Å². The van der Waals surface area contributed by atoms with Gasteiger partial charge in [0.05, 0.1) is 6.42 Å². The minimum Gasteiger partial charge on any atom is -0.481 e. The molecule has 0 aromatic carbocycles. The predicted molar refractivity (Wildman–Crippen MR) is 47.3 cm³/mol. The normalized spacial score (nSPS) is 22.4. The van der Waals surface area contributed by atoms with Crippen LogP contribution in [-0.4, -0.2) is 34.5 Å². The zero-order valence-corrected chi connectivity index (χ0v) is 7.82. The lowest BCUT2D eigenvalue weighted by molar-refractivity contribution is -0.138. The number of carboxylic acids is 1. The highest BCUT2D eigenvalue weighted by Crippen LogP contribution is 2.21. The Hall–Kier alpha value is -1.06. The van der Waals surface area contributed by atoms with E-state index in [0.717, 1.165) is 6.42 Å². The van der Waals surface area contributed by atoms with Gasteiger partial charge in [0.15, 0.2) is 0 Å². The second-order valence-corrected chi connectivity index (χ2v) is 3.38. The standard InChI is InChI=1S/C9H15NO3/c1-2-5-10-7(6-9(12)13)3-4-8(10)11/h7H,2-6H2,1H3,(H,12,13)/t7-/m0/s1. The molecule has 1 aliphatic rings. The molecule has 1 aliphatic heterocycles. The monoisotopic (exact) mass is 185 g/mol. The number of carboxylic acid groups (broad SMARTS) is 1. The average molecular weight is 185 g/mol. The largest absolute Gasteiger partial charge is 0.481 e. The lowest BCUT2D eigenvalue weighted by atomic mass is 10.1. The SMILES string of the molecule is CCCN1C(=O)CC[C@H]1CC(=O)O. The summed E-state index contributed by atoms with van der Waals surface area (Å²) in [4.78, 5) is 23.5. The van der Waals surface area contributed by atoms with Gasteiger partial charge in [-0.25, -0.2) is 0 Å². The summed E-state index contributed by atoms with van der Waals surface area (Å²) in [5.74, 6) is -0.714. The van der Waals surface area contributed by atoms with Crippen LogP contribution in [0.4, 0.5) is 0 Å². The molecular weight excluding hydrogens is 170 g/mol. The summed E-state index contributed by atoms with van der Waals surface area (Å²) < 4.78 is 0. The summed E-state index contributed by atoms with van der Waals surface area (Å²) in [5.41, 5.74) is 0. The Morgan fingerprint density at radius 3 is 2.92 bits per heavy atom. The van der Waals surface area contributed by atoms with E-state index in [4.69, 9.17) is 5.11 Å². The molecule has 1 fully saturated rings. The molecule has 0 aromatic heterocycles. The fourth-order valence-electron chi connectivity index (χ4n) is 1.76. The quantitative estimate of drug-likeness (QED) is 0.706. The van der Waals surface area contributed by atoms with Crippen molar-refractivity contribution in [3.05, 3.63) is 0 Å². The number of likely N-dealkylation sites (tertiary alicyclic amines) is 1. The van der Waals surface area contributed by atoms with Crippen LogP contribution in [0.3, 0.4) is 0 Å². The number of carbonyl (C=O) groups is 2. The van der Waals surface area contributed by atoms with Crippen molar-refractivity contribution in [3.63, 3.8) is 0 Å². The minimum atomic E-state index is -0.819. The van der Waals surface area contributed by atoms with Gasteiger partial charge >= 0.3 is 5.97 Å². The van der Waals surface area contributed by atoms with Crippen LogP contribution in [0.2, 0.25) is 0 Å². The first-order valence-electron chi connectivity index (χ1n) is 4.66. The van der Waals surface area contributed by atoms with Gasteiger partial charge in [-0.15, -0.1) is 0 Å². The predicted octanol–water partition coefficient (Wildman–Crippen LogP) is 0.862. The number of rotatable bonds is 4. The third-order valence-electron chi connectivity index (χ3n) is 2.33. The van der Waals surface area contributed by atoms with E-state index in [1.807, 2.05) is 6.92 Å².